The molecular formula is C13H17N5O2. The highest BCUT2D eigenvalue weighted by Crippen LogP contribution is 2.08. The first kappa shape index (κ1) is 14.1. The number of hydrogen-bond acceptors (Lipinski definition) is 5. The number of carbonyl (C=O) groups is 1. The normalized spacial score (nSPS) is 10.4. The molecule has 0 aliphatic rings. The number of ether oxygens (including phenoxy) is 1. The first-order chi connectivity index (χ1) is 9.81. The molecule has 0 saturated heterocycles. The molecular weight excluding hydrogens is 258 g/mol. The van der Waals surface area contributed by atoms with Gasteiger partial charge in [-0.05, 0) is 42.0 Å². The van der Waals surface area contributed by atoms with E-state index in [0.717, 1.165) is 12.1 Å². The van der Waals surface area contributed by atoms with E-state index in [-0.39, 0.29) is 5.91 Å². The lowest BCUT2D eigenvalue weighted by Crippen LogP contribution is -2.25. The van der Waals surface area contributed by atoms with Gasteiger partial charge < -0.3 is 10.1 Å². The van der Waals surface area contributed by atoms with Crippen molar-refractivity contribution in [3.8, 4) is 5.69 Å². The maximum Gasteiger partial charge on any atom is 0.251 e. The highest BCUT2D eigenvalue weighted by atomic mass is 16.5. The van der Waals surface area contributed by atoms with Crippen LogP contribution in [0.5, 0.6) is 0 Å². The molecule has 1 heterocycles. The molecule has 2 aromatic rings. The van der Waals surface area contributed by atoms with Crippen molar-refractivity contribution in [1.82, 2.24) is 25.5 Å². The van der Waals surface area contributed by atoms with Crippen LogP contribution in [-0.2, 0) is 4.74 Å². The minimum Gasteiger partial charge on any atom is -0.382 e. The molecule has 0 aliphatic carbocycles. The minimum atomic E-state index is -0.114. The summed E-state index contributed by atoms with van der Waals surface area (Å²) in [7, 11) is 0. The third kappa shape index (κ3) is 3.86. The number of tetrazole rings is 1. The summed E-state index contributed by atoms with van der Waals surface area (Å²) in [6.45, 7) is 3.89. The van der Waals surface area contributed by atoms with Crippen LogP contribution in [0.25, 0.3) is 5.69 Å². The molecule has 1 amide bonds. The summed E-state index contributed by atoms with van der Waals surface area (Å²) >= 11 is 0. The van der Waals surface area contributed by atoms with E-state index in [9.17, 15) is 4.79 Å². The first-order valence-corrected chi connectivity index (χ1v) is 6.50. The fourth-order valence-electron chi connectivity index (χ4n) is 1.69. The number of nitrogens with one attached hydrogen (secondary N) is 1. The Balaban J connectivity index is 1.92. The SMILES string of the molecule is CCOCCCNC(=O)c1cccc(-n2cnnn2)c1. The van der Waals surface area contributed by atoms with Gasteiger partial charge in [-0.3, -0.25) is 4.79 Å². The molecule has 1 aromatic carbocycles. The van der Waals surface area contributed by atoms with E-state index in [4.69, 9.17) is 4.74 Å². The van der Waals surface area contributed by atoms with E-state index in [0.29, 0.717) is 25.3 Å². The van der Waals surface area contributed by atoms with Crippen molar-refractivity contribution in [3.63, 3.8) is 0 Å². The van der Waals surface area contributed by atoms with Gasteiger partial charge in [0.15, 0.2) is 0 Å². The zero-order valence-electron chi connectivity index (χ0n) is 11.3. The third-order valence-corrected chi connectivity index (χ3v) is 2.68. The fraction of sp³-hybridized carbons (Fsp3) is 0.385. The Hall–Kier alpha value is -2.28. The second-order valence-electron chi connectivity index (χ2n) is 4.11. The van der Waals surface area contributed by atoms with Crippen LogP contribution in [0.1, 0.15) is 23.7 Å². The highest BCUT2D eigenvalue weighted by molar-refractivity contribution is 5.94. The molecule has 2 rings (SSSR count). The van der Waals surface area contributed by atoms with Crippen LogP contribution in [0, 0.1) is 0 Å². The number of nitrogens with zero attached hydrogens (tertiary/aromatic N) is 4. The van der Waals surface area contributed by atoms with Crippen LogP contribution in [0.4, 0.5) is 0 Å². The topological polar surface area (TPSA) is 81.9 Å². The summed E-state index contributed by atoms with van der Waals surface area (Å²) in [6.07, 6.45) is 2.28. The number of carbonyl (C=O) groups excluding carboxylic acids is 1. The second-order valence-corrected chi connectivity index (χ2v) is 4.11. The number of amides is 1. The average molecular weight is 275 g/mol. The van der Waals surface area contributed by atoms with Crippen LogP contribution in [-0.4, -0.2) is 45.9 Å². The molecule has 0 fully saturated rings. The number of rotatable bonds is 7. The van der Waals surface area contributed by atoms with Crippen molar-refractivity contribution >= 4 is 5.91 Å². The largest absolute Gasteiger partial charge is 0.382 e. The molecule has 7 heteroatoms. The Labute approximate surface area is 116 Å². The standard InChI is InChI=1S/C13H17N5O2/c1-2-20-8-4-7-14-13(19)11-5-3-6-12(9-11)18-10-15-16-17-18/h3,5-6,9-10H,2,4,7-8H2,1H3,(H,14,19). The van der Waals surface area contributed by atoms with Gasteiger partial charge in [0.25, 0.3) is 5.91 Å². The van der Waals surface area contributed by atoms with Gasteiger partial charge >= 0.3 is 0 Å². The van der Waals surface area contributed by atoms with Crippen molar-refractivity contribution in [1.29, 1.82) is 0 Å². The quantitative estimate of drug-likeness (QED) is 0.756. The summed E-state index contributed by atoms with van der Waals surface area (Å²) in [6, 6.07) is 7.13. The lowest BCUT2D eigenvalue weighted by Gasteiger charge is -2.06. The van der Waals surface area contributed by atoms with Gasteiger partial charge in [0.1, 0.15) is 6.33 Å². The van der Waals surface area contributed by atoms with Crippen molar-refractivity contribution < 1.29 is 9.53 Å². The molecule has 1 N–H and O–H groups in total. The zero-order valence-corrected chi connectivity index (χ0v) is 11.3. The van der Waals surface area contributed by atoms with Gasteiger partial charge in [-0.1, -0.05) is 6.07 Å². The lowest BCUT2D eigenvalue weighted by molar-refractivity contribution is 0.0944. The van der Waals surface area contributed by atoms with Gasteiger partial charge in [-0.25, -0.2) is 4.68 Å². The third-order valence-electron chi connectivity index (χ3n) is 2.68. The molecule has 7 nitrogen and oxygen atoms in total. The Morgan fingerprint density at radius 1 is 1.45 bits per heavy atom. The van der Waals surface area contributed by atoms with E-state index in [1.54, 1.807) is 18.2 Å². The molecule has 106 valence electrons. The predicted molar refractivity (Wildman–Crippen MR) is 72.6 cm³/mol. The Kier molecular flexibility index (Phi) is 5.19. The van der Waals surface area contributed by atoms with E-state index in [2.05, 4.69) is 20.8 Å². The first-order valence-electron chi connectivity index (χ1n) is 6.50. The van der Waals surface area contributed by atoms with Gasteiger partial charge in [0, 0.05) is 25.3 Å². The summed E-state index contributed by atoms with van der Waals surface area (Å²) in [5, 5.41) is 13.8. The smallest absolute Gasteiger partial charge is 0.251 e. The van der Waals surface area contributed by atoms with Crippen LogP contribution in [0.15, 0.2) is 30.6 Å². The summed E-state index contributed by atoms with van der Waals surface area (Å²) < 4.78 is 6.72. The van der Waals surface area contributed by atoms with Gasteiger partial charge in [0.05, 0.1) is 5.69 Å². The Morgan fingerprint density at radius 3 is 3.10 bits per heavy atom. The van der Waals surface area contributed by atoms with E-state index < -0.39 is 0 Å². The molecule has 0 saturated carbocycles. The molecule has 20 heavy (non-hydrogen) atoms. The molecule has 0 aliphatic heterocycles. The van der Waals surface area contributed by atoms with Crippen LogP contribution < -0.4 is 5.32 Å². The molecule has 0 bridgehead atoms. The Morgan fingerprint density at radius 2 is 2.35 bits per heavy atom. The molecule has 0 atom stereocenters. The molecule has 0 unspecified atom stereocenters. The van der Waals surface area contributed by atoms with Crippen molar-refractivity contribution in [3.05, 3.63) is 36.2 Å². The van der Waals surface area contributed by atoms with E-state index >= 15 is 0 Å². The molecule has 1 aromatic heterocycles. The fourth-order valence-corrected chi connectivity index (χ4v) is 1.69. The molecule has 0 radical (unpaired) electrons. The highest BCUT2D eigenvalue weighted by Gasteiger charge is 2.06. The van der Waals surface area contributed by atoms with Crippen molar-refractivity contribution in [2.24, 2.45) is 0 Å². The summed E-state index contributed by atoms with van der Waals surface area (Å²) in [5.41, 5.74) is 1.33. The maximum atomic E-state index is 12.0. The monoisotopic (exact) mass is 275 g/mol. The minimum absolute atomic E-state index is 0.114. The van der Waals surface area contributed by atoms with Gasteiger partial charge in [-0.15, -0.1) is 5.10 Å². The van der Waals surface area contributed by atoms with Crippen LogP contribution in [0.3, 0.4) is 0 Å². The summed E-state index contributed by atoms with van der Waals surface area (Å²) in [4.78, 5) is 12.0. The predicted octanol–water partition coefficient (Wildman–Crippen LogP) is 0.819. The van der Waals surface area contributed by atoms with Crippen LogP contribution >= 0.6 is 0 Å². The molecule has 0 spiro atoms. The lowest BCUT2D eigenvalue weighted by atomic mass is 10.2. The zero-order chi connectivity index (χ0) is 14.2. The number of hydrogen-bond donors (Lipinski definition) is 1. The van der Waals surface area contributed by atoms with Gasteiger partial charge in [0.2, 0.25) is 0 Å². The van der Waals surface area contributed by atoms with Crippen molar-refractivity contribution in [2.75, 3.05) is 19.8 Å². The van der Waals surface area contributed by atoms with E-state index in [1.165, 1.54) is 11.0 Å². The number of aromatic nitrogens is 4. The summed E-state index contributed by atoms with van der Waals surface area (Å²) in [5.74, 6) is -0.114. The number of benzene rings is 1. The van der Waals surface area contributed by atoms with Crippen molar-refractivity contribution in [2.45, 2.75) is 13.3 Å². The van der Waals surface area contributed by atoms with Crippen LogP contribution in [0.2, 0.25) is 0 Å². The Bertz CT molecular complexity index is 541. The van der Waals surface area contributed by atoms with Gasteiger partial charge in [-0.2, -0.15) is 0 Å². The average Bonchev–Trinajstić information content (AvgIpc) is 3.01. The van der Waals surface area contributed by atoms with E-state index in [1.807, 2.05) is 13.0 Å². The second kappa shape index (κ2) is 7.34. The maximum absolute atomic E-state index is 12.0.